The predicted molar refractivity (Wildman–Crippen MR) is 119 cm³/mol. The van der Waals surface area contributed by atoms with Crippen LogP contribution in [0.2, 0.25) is 0 Å². The van der Waals surface area contributed by atoms with Crippen molar-refractivity contribution in [3.8, 4) is 6.07 Å². The number of rotatable bonds is 5. The summed E-state index contributed by atoms with van der Waals surface area (Å²) in [6.07, 6.45) is 4.05. The number of nitriles is 1. The molecule has 4 rings (SSSR count). The zero-order valence-electron chi connectivity index (χ0n) is 17.4. The predicted octanol–water partition coefficient (Wildman–Crippen LogP) is 4.75. The SMILES string of the molecule is Cc1cccc2sc(NC(=O)/C(C#N)=C/c3cc(C)n(CC4CCCO4)c3C)nc12. The number of nitrogens with zero attached hydrogens (tertiary/aromatic N) is 3. The van der Waals surface area contributed by atoms with E-state index < -0.39 is 5.91 Å². The first-order valence-corrected chi connectivity index (χ1v) is 10.9. The summed E-state index contributed by atoms with van der Waals surface area (Å²) in [6, 6.07) is 9.97. The van der Waals surface area contributed by atoms with E-state index in [4.69, 9.17) is 4.74 Å². The number of carbonyl (C=O) groups is 1. The molecule has 1 amide bonds. The van der Waals surface area contributed by atoms with Gasteiger partial charge in [-0.15, -0.1) is 0 Å². The highest BCUT2D eigenvalue weighted by Crippen LogP contribution is 2.28. The maximum absolute atomic E-state index is 12.7. The van der Waals surface area contributed by atoms with Gasteiger partial charge in [0.05, 0.1) is 16.3 Å². The number of hydrogen-bond donors (Lipinski definition) is 1. The van der Waals surface area contributed by atoms with Gasteiger partial charge in [0.15, 0.2) is 5.13 Å². The molecule has 1 atom stereocenters. The Kier molecular flexibility index (Phi) is 5.71. The lowest BCUT2D eigenvalue weighted by atomic mass is 10.1. The summed E-state index contributed by atoms with van der Waals surface area (Å²) < 4.78 is 8.96. The molecule has 1 saturated heterocycles. The van der Waals surface area contributed by atoms with Crippen LogP contribution in [0.15, 0.2) is 29.8 Å². The number of amides is 1. The number of fused-ring (bicyclic) bond motifs is 1. The normalized spacial score (nSPS) is 16.7. The molecule has 30 heavy (non-hydrogen) atoms. The van der Waals surface area contributed by atoms with Crippen molar-refractivity contribution >= 4 is 38.7 Å². The van der Waals surface area contributed by atoms with Gasteiger partial charge in [-0.05, 0) is 62.9 Å². The van der Waals surface area contributed by atoms with Crippen LogP contribution in [-0.4, -0.2) is 28.2 Å². The number of para-hydroxylation sites is 1. The van der Waals surface area contributed by atoms with Gasteiger partial charge in [0.2, 0.25) is 0 Å². The molecule has 0 bridgehead atoms. The molecule has 7 heteroatoms. The Hall–Kier alpha value is -2.95. The number of ether oxygens (including phenoxy) is 1. The summed E-state index contributed by atoms with van der Waals surface area (Å²) in [5.41, 5.74) is 4.98. The molecule has 1 aromatic carbocycles. The first-order valence-electron chi connectivity index (χ1n) is 10.0. The molecule has 3 heterocycles. The maximum atomic E-state index is 12.7. The monoisotopic (exact) mass is 420 g/mol. The molecule has 1 fully saturated rings. The summed E-state index contributed by atoms with van der Waals surface area (Å²) >= 11 is 1.40. The van der Waals surface area contributed by atoms with E-state index in [1.807, 2.05) is 51.1 Å². The van der Waals surface area contributed by atoms with Crippen LogP contribution in [0.5, 0.6) is 0 Å². The molecule has 2 aromatic heterocycles. The van der Waals surface area contributed by atoms with Crippen molar-refractivity contribution in [1.29, 1.82) is 5.26 Å². The lowest BCUT2D eigenvalue weighted by molar-refractivity contribution is -0.112. The van der Waals surface area contributed by atoms with Crippen molar-refractivity contribution in [3.63, 3.8) is 0 Å². The standard InChI is InChI=1S/C23H24N4O2S/c1-14-6-4-8-20-21(14)25-23(30-20)26-22(28)18(12-24)11-17-10-15(2)27(16(17)3)13-19-7-5-9-29-19/h4,6,8,10-11,19H,5,7,9,13H2,1-3H3,(H,25,26,28)/b18-11+. The third-order valence-corrected chi connectivity index (χ3v) is 6.47. The fourth-order valence-corrected chi connectivity index (χ4v) is 4.79. The van der Waals surface area contributed by atoms with Crippen molar-refractivity contribution < 1.29 is 9.53 Å². The quantitative estimate of drug-likeness (QED) is 0.477. The maximum Gasteiger partial charge on any atom is 0.268 e. The number of hydrogen-bond acceptors (Lipinski definition) is 5. The smallest absolute Gasteiger partial charge is 0.268 e. The molecule has 3 aromatic rings. The summed E-state index contributed by atoms with van der Waals surface area (Å²) in [5, 5.41) is 12.9. The Labute approximate surface area is 179 Å². The van der Waals surface area contributed by atoms with Crippen LogP contribution in [0, 0.1) is 32.1 Å². The molecular weight excluding hydrogens is 396 g/mol. The largest absolute Gasteiger partial charge is 0.376 e. The van der Waals surface area contributed by atoms with Crippen LogP contribution in [0.4, 0.5) is 5.13 Å². The summed E-state index contributed by atoms with van der Waals surface area (Å²) in [6.45, 7) is 7.65. The van der Waals surface area contributed by atoms with Crippen molar-refractivity contribution in [2.45, 2.75) is 46.3 Å². The molecule has 0 aliphatic carbocycles. The van der Waals surface area contributed by atoms with Gasteiger partial charge in [-0.2, -0.15) is 5.26 Å². The molecule has 154 valence electrons. The molecule has 1 aliphatic heterocycles. The molecule has 1 N–H and O–H groups in total. The molecule has 1 aliphatic rings. The zero-order chi connectivity index (χ0) is 21.3. The van der Waals surface area contributed by atoms with Gasteiger partial charge in [0.1, 0.15) is 11.6 Å². The number of anilines is 1. The zero-order valence-corrected chi connectivity index (χ0v) is 18.2. The highest BCUT2D eigenvalue weighted by atomic mass is 32.1. The minimum Gasteiger partial charge on any atom is -0.376 e. The molecule has 6 nitrogen and oxygen atoms in total. The van der Waals surface area contributed by atoms with E-state index in [0.717, 1.165) is 58.7 Å². The Morgan fingerprint density at radius 3 is 2.97 bits per heavy atom. The number of aryl methyl sites for hydroxylation is 2. The first kappa shape index (κ1) is 20.3. The minimum atomic E-state index is -0.446. The number of aromatic nitrogens is 2. The highest BCUT2D eigenvalue weighted by Gasteiger charge is 2.19. The Morgan fingerprint density at radius 1 is 1.43 bits per heavy atom. The fraction of sp³-hybridized carbons (Fsp3) is 0.348. The van der Waals surface area contributed by atoms with Crippen LogP contribution < -0.4 is 5.32 Å². The van der Waals surface area contributed by atoms with E-state index in [2.05, 4.69) is 14.9 Å². The van der Waals surface area contributed by atoms with Gasteiger partial charge in [0, 0.05) is 24.5 Å². The van der Waals surface area contributed by atoms with Gasteiger partial charge >= 0.3 is 0 Å². The number of benzene rings is 1. The number of carbonyl (C=O) groups excluding carboxylic acids is 1. The number of thiazole rings is 1. The topological polar surface area (TPSA) is 79.9 Å². The summed E-state index contributed by atoms with van der Waals surface area (Å²) in [4.78, 5) is 17.2. The Balaban J connectivity index is 1.56. The van der Waals surface area contributed by atoms with Crippen LogP contribution in [-0.2, 0) is 16.1 Å². The highest BCUT2D eigenvalue weighted by molar-refractivity contribution is 7.22. The lowest BCUT2D eigenvalue weighted by Crippen LogP contribution is -2.17. The fourth-order valence-electron chi connectivity index (χ4n) is 3.85. The summed E-state index contributed by atoms with van der Waals surface area (Å²) in [7, 11) is 0. The molecule has 1 unspecified atom stereocenters. The van der Waals surface area contributed by atoms with Crippen molar-refractivity contribution in [3.05, 3.63) is 52.4 Å². The van der Waals surface area contributed by atoms with E-state index in [1.54, 1.807) is 6.08 Å². The van der Waals surface area contributed by atoms with Crippen LogP contribution >= 0.6 is 11.3 Å². The molecule has 0 spiro atoms. The van der Waals surface area contributed by atoms with E-state index in [0.29, 0.717) is 5.13 Å². The Morgan fingerprint density at radius 2 is 2.27 bits per heavy atom. The second kappa shape index (κ2) is 8.42. The van der Waals surface area contributed by atoms with Gasteiger partial charge in [-0.3, -0.25) is 10.1 Å². The van der Waals surface area contributed by atoms with Crippen molar-refractivity contribution in [1.82, 2.24) is 9.55 Å². The van der Waals surface area contributed by atoms with E-state index in [1.165, 1.54) is 11.3 Å². The van der Waals surface area contributed by atoms with Gasteiger partial charge < -0.3 is 9.30 Å². The van der Waals surface area contributed by atoms with Gasteiger partial charge in [-0.1, -0.05) is 23.5 Å². The lowest BCUT2D eigenvalue weighted by Gasteiger charge is -2.14. The second-order valence-electron chi connectivity index (χ2n) is 7.64. The second-order valence-corrected chi connectivity index (χ2v) is 8.67. The van der Waals surface area contributed by atoms with Crippen molar-refractivity contribution in [2.24, 2.45) is 0 Å². The van der Waals surface area contributed by atoms with Gasteiger partial charge in [-0.25, -0.2) is 4.98 Å². The summed E-state index contributed by atoms with van der Waals surface area (Å²) in [5.74, 6) is -0.446. The third kappa shape index (κ3) is 4.02. The molecule has 0 saturated carbocycles. The third-order valence-electron chi connectivity index (χ3n) is 5.53. The van der Waals surface area contributed by atoms with Crippen molar-refractivity contribution in [2.75, 3.05) is 11.9 Å². The van der Waals surface area contributed by atoms with E-state index in [-0.39, 0.29) is 11.7 Å². The van der Waals surface area contributed by atoms with Crippen LogP contribution in [0.25, 0.3) is 16.3 Å². The first-order chi connectivity index (χ1) is 14.5. The van der Waals surface area contributed by atoms with Crippen LogP contribution in [0.3, 0.4) is 0 Å². The van der Waals surface area contributed by atoms with E-state index >= 15 is 0 Å². The van der Waals surface area contributed by atoms with Gasteiger partial charge in [0.25, 0.3) is 5.91 Å². The van der Waals surface area contributed by atoms with E-state index in [9.17, 15) is 10.1 Å². The molecular formula is C23H24N4O2S. The average molecular weight is 421 g/mol. The number of nitrogens with one attached hydrogen (secondary N) is 1. The average Bonchev–Trinajstić information content (AvgIpc) is 3.43. The molecule has 0 radical (unpaired) electrons. The Bertz CT molecular complexity index is 1180. The minimum absolute atomic E-state index is 0.0587. The van der Waals surface area contributed by atoms with Crippen LogP contribution in [0.1, 0.15) is 35.4 Å².